The lowest BCUT2D eigenvalue weighted by atomic mass is 10.1. The van der Waals surface area contributed by atoms with E-state index in [1.54, 1.807) is 19.9 Å². The van der Waals surface area contributed by atoms with E-state index in [1.165, 1.54) is 6.07 Å². The minimum Gasteiger partial charge on any atom is -0.352 e. The van der Waals surface area contributed by atoms with Crippen LogP contribution in [0.2, 0.25) is 0 Å². The van der Waals surface area contributed by atoms with Crippen LogP contribution in [0.1, 0.15) is 34.8 Å². The third-order valence-electron chi connectivity index (χ3n) is 2.68. The SMILES string of the molecule is CCCNC(=O)c1cc(C)c(C)c(S(=O)(=O)Cl)c1. The molecule has 1 rings (SSSR count). The number of aryl methyl sites for hydroxylation is 1. The number of halogens is 1. The third-order valence-corrected chi connectivity index (χ3v) is 4.13. The standard InChI is InChI=1S/C12H16ClNO3S/c1-4-5-14-12(15)10-6-8(2)9(3)11(7-10)18(13,16)17/h6-7H,4-5H2,1-3H3,(H,14,15). The summed E-state index contributed by atoms with van der Waals surface area (Å²) in [6.07, 6.45) is 0.817. The third kappa shape index (κ3) is 3.46. The van der Waals surface area contributed by atoms with E-state index in [1.807, 2.05) is 6.92 Å². The molecule has 1 aromatic rings. The van der Waals surface area contributed by atoms with Crippen molar-refractivity contribution in [2.75, 3.05) is 6.54 Å². The van der Waals surface area contributed by atoms with Crippen molar-refractivity contribution >= 4 is 25.6 Å². The molecule has 4 nitrogen and oxygen atoms in total. The zero-order valence-corrected chi connectivity index (χ0v) is 12.2. The van der Waals surface area contributed by atoms with Crippen LogP contribution in [-0.2, 0) is 9.05 Å². The van der Waals surface area contributed by atoms with Gasteiger partial charge in [-0.05, 0) is 43.5 Å². The highest BCUT2D eigenvalue weighted by Gasteiger charge is 2.18. The number of benzene rings is 1. The molecule has 1 aromatic carbocycles. The Labute approximate surface area is 112 Å². The Morgan fingerprint density at radius 3 is 2.44 bits per heavy atom. The molecule has 18 heavy (non-hydrogen) atoms. The van der Waals surface area contributed by atoms with Gasteiger partial charge in [0.2, 0.25) is 0 Å². The molecule has 0 aliphatic rings. The summed E-state index contributed by atoms with van der Waals surface area (Å²) < 4.78 is 22.9. The van der Waals surface area contributed by atoms with E-state index in [0.717, 1.165) is 12.0 Å². The second kappa shape index (κ2) is 5.71. The largest absolute Gasteiger partial charge is 0.352 e. The van der Waals surface area contributed by atoms with Crippen molar-refractivity contribution in [1.82, 2.24) is 5.32 Å². The van der Waals surface area contributed by atoms with Gasteiger partial charge >= 0.3 is 0 Å². The average molecular weight is 290 g/mol. The van der Waals surface area contributed by atoms with E-state index in [-0.39, 0.29) is 10.8 Å². The van der Waals surface area contributed by atoms with Crippen LogP contribution >= 0.6 is 10.7 Å². The van der Waals surface area contributed by atoms with Gasteiger partial charge in [0.25, 0.3) is 15.0 Å². The molecular weight excluding hydrogens is 274 g/mol. The first-order valence-corrected chi connectivity index (χ1v) is 7.92. The van der Waals surface area contributed by atoms with Gasteiger partial charge in [-0.2, -0.15) is 0 Å². The van der Waals surface area contributed by atoms with Crippen LogP contribution in [0.5, 0.6) is 0 Å². The van der Waals surface area contributed by atoms with Crippen molar-refractivity contribution in [2.45, 2.75) is 32.1 Å². The molecular formula is C12H16ClNO3S. The van der Waals surface area contributed by atoms with Gasteiger partial charge in [0.15, 0.2) is 0 Å². The molecule has 0 saturated carbocycles. The van der Waals surface area contributed by atoms with E-state index < -0.39 is 9.05 Å². The normalized spacial score (nSPS) is 11.3. The first kappa shape index (κ1) is 15.0. The monoisotopic (exact) mass is 289 g/mol. The number of rotatable bonds is 4. The van der Waals surface area contributed by atoms with Crippen molar-refractivity contribution in [3.8, 4) is 0 Å². The number of amides is 1. The molecule has 0 aromatic heterocycles. The Kier molecular flexibility index (Phi) is 4.76. The van der Waals surface area contributed by atoms with Crippen molar-refractivity contribution in [3.63, 3.8) is 0 Å². The lowest BCUT2D eigenvalue weighted by Gasteiger charge is -2.10. The lowest BCUT2D eigenvalue weighted by Crippen LogP contribution is -2.24. The molecule has 6 heteroatoms. The topological polar surface area (TPSA) is 63.2 Å². The van der Waals surface area contributed by atoms with E-state index in [2.05, 4.69) is 5.32 Å². The maximum Gasteiger partial charge on any atom is 0.261 e. The number of carbonyl (C=O) groups is 1. The quantitative estimate of drug-likeness (QED) is 0.866. The average Bonchev–Trinajstić information content (AvgIpc) is 2.27. The van der Waals surface area contributed by atoms with Crippen LogP contribution < -0.4 is 5.32 Å². The molecule has 0 spiro atoms. The zero-order valence-electron chi connectivity index (χ0n) is 10.6. The van der Waals surface area contributed by atoms with Gasteiger partial charge in [-0.15, -0.1) is 0 Å². The van der Waals surface area contributed by atoms with E-state index >= 15 is 0 Å². The molecule has 0 radical (unpaired) electrons. The highest BCUT2D eigenvalue weighted by Crippen LogP contribution is 2.24. The molecule has 0 saturated heterocycles. The number of hydrogen-bond donors (Lipinski definition) is 1. The summed E-state index contributed by atoms with van der Waals surface area (Å²) in [5.41, 5.74) is 1.60. The van der Waals surface area contributed by atoms with Crippen LogP contribution in [0.15, 0.2) is 17.0 Å². The lowest BCUT2D eigenvalue weighted by molar-refractivity contribution is 0.0953. The van der Waals surface area contributed by atoms with Crippen molar-refractivity contribution in [2.24, 2.45) is 0 Å². The van der Waals surface area contributed by atoms with Gasteiger partial charge in [-0.3, -0.25) is 4.79 Å². The second-order valence-corrected chi connectivity index (χ2v) is 6.64. The number of hydrogen-bond acceptors (Lipinski definition) is 3. The predicted octanol–water partition coefficient (Wildman–Crippen LogP) is 2.37. The van der Waals surface area contributed by atoms with Gasteiger partial charge in [-0.1, -0.05) is 6.92 Å². The summed E-state index contributed by atoms with van der Waals surface area (Å²) in [4.78, 5) is 11.8. The Morgan fingerprint density at radius 2 is 1.94 bits per heavy atom. The molecule has 0 atom stereocenters. The maximum absolute atomic E-state index is 11.8. The molecule has 1 amide bonds. The van der Waals surface area contributed by atoms with Crippen molar-refractivity contribution < 1.29 is 13.2 Å². The van der Waals surface area contributed by atoms with Crippen molar-refractivity contribution in [3.05, 3.63) is 28.8 Å². The van der Waals surface area contributed by atoms with E-state index in [4.69, 9.17) is 10.7 Å². The fourth-order valence-electron chi connectivity index (χ4n) is 1.55. The zero-order chi connectivity index (χ0) is 13.9. The molecule has 0 aliphatic carbocycles. The van der Waals surface area contributed by atoms with Gasteiger partial charge in [0.1, 0.15) is 0 Å². The Bertz CT molecular complexity index is 567. The number of nitrogens with one attached hydrogen (secondary N) is 1. The molecule has 0 unspecified atom stereocenters. The first-order valence-electron chi connectivity index (χ1n) is 5.61. The fourth-order valence-corrected chi connectivity index (χ4v) is 2.83. The summed E-state index contributed by atoms with van der Waals surface area (Å²) in [5, 5.41) is 2.70. The van der Waals surface area contributed by atoms with Crippen LogP contribution in [0.3, 0.4) is 0 Å². The Balaban J connectivity index is 3.25. The van der Waals surface area contributed by atoms with Crippen LogP contribution in [-0.4, -0.2) is 20.9 Å². The van der Waals surface area contributed by atoms with Crippen LogP contribution in [0, 0.1) is 13.8 Å². The maximum atomic E-state index is 11.8. The van der Waals surface area contributed by atoms with Crippen molar-refractivity contribution in [1.29, 1.82) is 0 Å². The molecule has 0 aliphatic heterocycles. The molecule has 1 N–H and O–H groups in total. The highest BCUT2D eigenvalue weighted by molar-refractivity contribution is 8.13. The summed E-state index contributed by atoms with van der Waals surface area (Å²) in [7, 11) is 1.52. The van der Waals surface area contributed by atoms with E-state index in [0.29, 0.717) is 17.7 Å². The smallest absolute Gasteiger partial charge is 0.261 e. The minimum atomic E-state index is -3.84. The first-order chi connectivity index (χ1) is 8.27. The summed E-state index contributed by atoms with van der Waals surface area (Å²) in [6.45, 7) is 5.90. The summed E-state index contributed by atoms with van der Waals surface area (Å²) in [6, 6.07) is 2.97. The Hall–Kier alpha value is -1.07. The minimum absolute atomic E-state index is 0.00850. The van der Waals surface area contributed by atoms with Gasteiger partial charge in [-0.25, -0.2) is 8.42 Å². The highest BCUT2D eigenvalue weighted by atomic mass is 35.7. The summed E-state index contributed by atoms with van der Waals surface area (Å²) in [5.74, 6) is -0.290. The molecule has 0 fully saturated rings. The molecule has 100 valence electrons. The van der Waals surface area contributed by atoms with Gasteiger partial charge in [0.05, 0.1) is 4.90 Å². The molecule has 0 bridgehead atoms. The van der Waals surface area contributed by atoms with Crippen LogP contribution in [0.4, 0.5) is 0 Å². The van der Waals surface area contributed by atoms with Crippen LogP contribution in [0.25, 0.3) is 0 Å². The Morgan fingerprint density at radius 1 is 1.33 bits per heavy atom. The fraction of sp³-hybridized carbons (Fsp3) is 0.417. The van der Waals surface area contributed by atoms with E-state index in [9.17, 15) is 13.2 Å². The second-order valence-electron chi connectivity index (χ2n) is 4.11. The molecule has 0 heterocycles. The predicted molar refractivity (Wildman–Crippen MR) is 71.6 cm³/mol. The van der Waals surface area contributed by atoms with Gasteiger partial charge in [0, 0.05) is 22.8 Å². The van der Waals surface area contributed by atoms with Gasteiger partial charge < -0.3 is 5.32 Å². The summed E-state index contributed by atoms with van der Waals surface area (Å²) >= 11 is 0. The number of carbonyl (C=O) groups excluding carboxylic acids is 1.